The van der Waals surface area contributed by atoms with E-state index in [-0.39, 0.29) is 12.0 Å². The summed E-state index contributed by atoms with van der Waals surface area (Å²) in [6.45, 7) is 0. The van der Waals surface area contributed by atoms with Crippen molar-refractivity contribution in [3.63, 3.8) is 0 Å². The molecule has 160 valence electrons. The van der Waals surface area contributed by atoms with Gasteiger partial charge in [0.1, 0.15) is 0 Å². The lowest BCUT2D eigenvalue weighted by Gasteiger charge is -2.19. The van der Waals surface area contributed by atoms with E-state index in [9.17, 15) is 9.59 Å². The smallest absolute Gasteiger partial charge is 0.307 e. The molecule has 1 unspecified atom stereocenters. The van der Waals surface area contributed by atoms with Crippen molar-refractivity contribution in [1.29, 1.82) is 0 Å². The Hall–Kier alpha value is -3.94. The first-order chi connectivity index (χ1) is 15.0. The highest BCUT2D eigenvalue weighted by Crippen LogP contribution is 2.31. The van der Waals surface area contributed by atoms with Crippen LogP contribution < -0.4 is 14.8 Å². The molecule has 3 aromatic rings. The number of rotatable bonds is 8. The Kier molecular flexibility index (Phi) is 7.16. The van der Waals surface area contributed by atoms with E-state index in [1.807, 2.05) is 30.3 Å². The quantitative estimate of drug-likeness (QED) is 0.558. The predicted molar refractivity (Wildman–Crippen MR) is 114 cm³/mol. The number of hydrogen-bond donors (Lipinski definition) is 1. The van der Waals surface area contributed by atoms with Crippen LogP contribution >= 0.6 is 0 Å². The number of carbonyl (C=O) groups is 2. The van der Waals surface area contributed by atoms with Gasteiger partial charge in [-0.25, -0.2) is 9.97 Å². The molecule has 1 heterocycles. The lowest BCUT2D eigenvalue weighted by molar-refractivity contribution is -0.141. The monoisotopic (exact) mass is 421 g/mol. The Bertz CT molecular complexity index is 1040. The number of benzene rings is 2. The lowest BCUT2D eigenvalue weighted by Crippen LogP contribution is -2.30. The second kappa shape index (κ2) is 10.2. The molecule has 31 heavy (non-hydrogen) atoms. The average molecular weight is 421 g/mol. The van der Waals surface area contributed by atoms with Crippen molar-refractivity contribution < 1.29 is 23.8 Å². The Morgan fingerprint density at radius 2 is 1.61 bits per heavy atom. The number of carbonyl (C=O) groups excluding carboxylic acids is 2. The fourth-order valence-corrected chi connectivity index (χ4v) is 2.99. The van der Waals surface area contributed by atoms with Crippen molar-refractivity contribution in [2.24, 2.45) is 0 Å². The minimum absolute atomic E-state index is 0.0549. The van der Waals surface area contributed by atoms with Gasteiger partial charge in [-0.3, -0.25) is 9.59 Å². The van der Waals surface area contributed by atoms with E-state index < -0.39 is 17.9 Å². The van der Waals surface area contributed by atoms with E-state index >= 15 is 0 Å². The maximum absolute atomic E-state index is 12.8. The van der Waals surface area contributed by atoms with Crippen LogP contribution in [0.3, 0.4) is 0 Å². The first-order valence-electron chi connectivity index (χ1n) is 9.52. The first-order valence-corrected chi connectivity index (χ1v) is 9.52. The van der Waals surface area contributed by atoms with Crippen molar-refractivity contribution in [1.82, 2.24) is 15.3 Å². The Morgan fingerprint density at radius 3 is 2.23 bits per heavy atom. The van der Waals surface area contributed by atoms with Gasteiger partial charge in [-0.1, -0.05) is 36.4 Å². The van der Waals surface area contributed by atoms with Gasteiger partial charge in [-0.2, -0.15) is 0 Å². The van der Waals surface area contributed by atoms with Crippen LogP contribution in [0.5, 0.6) is 11.5 Å². The van der Waals surface area contributed by atoms with Gasteiger partial charge in [0.2, 0.25) is 0 Å². The lowest BCUT2D eigenvalue weighted by atomic mass is 10.0. The number of esters is 1. The summed E-state index contributed by atoms with van der Waals surface area (Å²) in [7, 11) is 4.34. The zero-order valence-corrected chi connectivity index (χ0v) is 17.5. The van der Waals surface area contributed by atoms with Crippen LogP contribution in [-0.4, -0.2) is 43.2 Å². The topological polar surface area (TPSA) is 99.6 Å². The van der Waals surface area contributed by atoms with Gasteiger partial charge in [0, 0.05) is 18.0 Å². The molecule has 2 aromatic carbocycles. The maximum atomic E-state index is 12.8. The highest BCUT2D eigenvalue weighted by Gasteiger charge is 2.22. The number of methoxy groups -OCH3 is 3. The highest BCUT2D eigenvalue weighted by atomic mass is 16.5. The summed E-state index contributed by atoms with van der Waals surface area (Å²) in [6.07, 6.45) is 2.85. The summed E-state index contributed by atoms with van der Waals surface area (Å²) in [5.74, 6) is 0.668. The summed E-state index contributed by atoms with van der Waals surface area (Å²) >= 11 is 0. The molecule has 0 bridgehead atoms. The molecule has 1 aromatic heterocycles. The summed E-state index contributed by atoms with van der Waals surface area (Å²) in [6, 6.07) is 14.0. The molecule has 3 rings (SSSR count). The van der Waals surface area contributed by atoms with Gasteiger partial charge < -0.3 is 19.5 Å². The van der Waals surface area contributed by atoms with Crippen LogP contribution in [0.2, 0.25) is 0 Å². The number of nitrogens with one attached hydrogen (secondary N) is 1. The van der Waals surface area contributed by atoms with Crippen molar-refractivity contribution in [2.75, 3.05) is 21.3 Å². The van der Waals surface area contributed by atoms with Gasteiger partial charge in [-0.15, -0.1) is 0 Å². The van der Waals surface area contributed by atoms with Gasteiger partial charge in [0.15, 0.2) is 17.3 Å². The van der Waals surface area contributed by atoms with E-state index in [4.69, 9.17) is 14.2 Å². The molecule has 0 fully saturated rings. The molecular weight excluding hydrogens is 398 g/mol. The third kappa shape index (κ3) is 5.36. The minimum Gasteiger partial charge on any atom is -0.493 e. The third-order valence-electron chi connectivity index (χ3n) is 4.66. The summed E-state index contributed by atoms with van der Waals surface area (Å²) in [5, 5.41) is 2.85. The fraction of sp³-hybridized carbons (Fsp3) is 0.217. The van der Waals surface area contributed by atoms with Crippen molar-refractivity contribution in [3.05, 3.63) is 72.1 Å². The average Bonchev–Trinajstić information content (AvgIpc) is 2.83. The second-order valence-electron chi connectivity index (χ2n) is 6.58. The maximum Gasteiger partial charge on any atom is 0.307 e. The first kappa shape index (κ1) is 21.8. The SMILES string of the molecule is COC(=O)CC(NC(=O)c1cnc(-c2ccccc2)nc1)c1ccc(OC)c(OC)c1. The number of hydrogen-bond acceptors (Lipinski definition) is 7. The predicted octanol–water partition coefficient (Wildman–Crippen LogP) is 3.20. The van der Waals surface area contributed by atoms with Crippen molar-refractivity contribution in [2.45, 2.75) is 12.5 Å². The van der Waals surface area contributed by atoms with E-state index in [1.54, 1.807) is 18.2 Å². The number of aromatic nitrogens is 2. The number of ether oxygens (including phenoxy) is 3. The number of nitrogens with zero attached hydrogens (tertiary/aromatic N) is 2. The van der Waals surface area contributed by atoms with Crippen LogP contribution in [0.1, 0.15) is 28.4 Å². The second-order valence-corrected chi connectivity index (χ2v) is 6.58. The molecule has 8 heteroatoms. The summed E-state index contributed by atoms with van der Waals surface area (Å²) < 4.78 is 15.4. The van der Waals surface area contributed by atoms with Crippen molar-refractivity contribution >= 4 is 11.9 Å². The normalized spacial score (nSPS) is 11.3. The summed E-state index contributed by atoms with van der Waals surface area (Å²) in [5.41, 5.74) is 1.79. The Morgan fingerprint density at radius 1 is 0.935 bits per heavy atom. The molecule has 0 saturated heterocycles. The van der Waals surface area contributed by atoms with Crippen LogP contribution in [0, 0.1) is 0 Å². The Balaban J connectivity index is 1.82. The molecule has 1 amide bonds. The van der Waals surface area contributed by atoms with E-state index in [1.165, 1.54) is 33.7 Å². The van der Waals surface area contributed by atoms with Crippen LogP contribution in [0.25, 0.3) is 11.4 Å². The zero-order valence-electron chi connectivity index (χ0n) is 17.5. The molecule has 1 atom stereocenters. The van der Waals surface area contributed by atoms with Crippen LogP contribution in [-0.2, 0) is 9.53 Å². The largest absolute Gasteiger partial charge is 0.493 e. The van der Waals surface area contributed by atoms with Crippen LogP contribution in [0.15, 0.2) is 60.9 Å². The van der Waals surface area contributed by atoms with E-state index in [2.05, 4.69) is 15.3 Å². The molecule has 0 radical (unpaired) electrons. The third-order valence-corrected chi connectivity index (χ3v) is 4.66. The van der Waals surface area contributed by atoms with Gasteiger partial charge in [-0.05, 0) is 17.7 Å². The van der Waals surface area contributed by atoms with Gasteiger partial charge in [0.05, 0.1) is 39.4 Å². The van der Waals surface area contributed by atoms with Gasteiger partial charge >= 0.3 is 5.97 Å². The highest BCUT2D eigenvalue weighted by molar-refractivity contribution is 5.94. The van der Waals surface area contributed by atoms with Gasteiger partial charge in [0.25, 0.3) is 5.91 Å². The zero-order chi connectivity index (χ0) is 22.2. The summed E-state index contributed by atoms with van der Waals surface area (Å²) in [4.78, 5) is 33.3. The van der Waals surface area contributed by atoms with Crippen LogP contribution in [0.4, 0.5) is 0 Å². The van der Waals surface area contributed by atoms with Crippen molar-refractivity contribution in [3.8, 4) is 22.9 Å². The standard InChI is InChI=1S/C23H23N3O5/c1-29-19-10-9-16(11-20(19)30-2)18(12-21(27)31-3)26-23(28)17-13-24-22(25-14-17)15-7-5-4-6-8-15/h4-11,13-14,18H,12H2,1-3H3,(H,26,28). The molecule has 0 saturated carbocycles. The van der Waals surface area contributed by atoms with E-state index in [0.29, 0.717) is 22.9 Å². The molecule has 8 nitrogen and oxygen atoms in total. The molecule has 0 aliphatic carbocycles. The Labute approximate surface area is 180 Å². The molecular formula is C23H23N3O5. The molecule has 0 spiro atoms. The molecule has 0 aliphatic heterocycles. The molecule has 1 N–H and O–H groups in total. The van der Waals surface area contributed by atoms with E-state index in [0.717, 1.165) is 5.56 Å². The minimum atomic E-state index is -0.645. The number of amides is 1. The fourth-order valence-electron chi connectivity index (χ4n) is 2.99. The molecule has 0 aliphatic rings.